The first-order valence-electron chi connectivity index (χ1n) is 10.1. The van der Waals surface area contributed by atoms with Gasteiger partial charge < -0.3 is 26.8 Å². The summed E-state index contributed by atoms with van der Waals surface area (Å²) in [6.07, 6.45) is 6.96. The van der Waals surface area contributed by atoms with Crippen molar-refractivity contribution in [2.45, 2.75) is 12.5 Å². The van der Waals surface area contributed by atoms with E-state index in [1.54, 1.807) is 73.0 Å². The predicted octanol–water partition coefficient (Wildman–Crippen LogP) is 2.34. The Balaban J connectivity index is 1.60. The van der Waals surface area contributed by atoms with E-state index in [-0.39, 0.29) is 18.3 Å². The number of hydrogen-bond acceptors (Lipinski definition) is 4. The number of nitrogens with zero attached hydrogens (tertiary/aromatic N) is 1. The molecule has 1 heterocycles. The molecule has 3 amide bonds. The largest absolute Gasteiger partial charge is 0.480 e. The van der Waals surface area contributed by atoms with Crippen molar-refractivity contribution in [2.24, 2.45) is 5.73 Å². The molecule has 33 heavy (non-hydrogen) atoms. The zero-order chi connectivity index (χ0) is 23.8. The number of hydrogen-bond donors (Lipinski definition) is 6. The van der Waals surface area contributed by atoms with Gasteiger partial charge >= 0.3 is 12.0 Å². The molecule has 1 aliphatic rings. The topological polar surface area (TPSA) is 161 Å². The van der Waals surface area contributed by atoms with Crippen LogP contribution in [0.15, 0.2) is 73.0 Å². The summed E-state index contributed by atoms with van der Waals surface area (Å²) in [5, 5.41) is 24.7. The zero-order valence-corrected chi connectivity index (χ0v) is 17.6. The molecule has 0 saturated heterocycles. The van der Waals surface area contributed by atoms with Crippen LogP contribution in [0.2, 0.25) is 0 Å². The van der Waals surface area contributed by atoms with Crippen LogP contribution in [-0.4, -0.2) is 46.5 Å². The summed E-state index contributed by atoms with van der Waals surface area (Å²) in [5.74, 6) is -1.73. The number of nitrogens with two attached hydrogens (primary N) is 1. The molecule has 2 aromatic carbocycles. The molecular formula is C23H24N6O4. The second kappa shape index (κ2) is 10.6. The van der Waals surface area contributed by atoms with Gasteiger partial charge in [0, 0.05) is 36.1 Å². The van der Waals surface area contributed by atoms with E-state index < -0.39 is 18.0 Å². The van der Waals surface area contributed by atoms with Gasteiger partial charge in [0.25, 0.3) is 5.91 Å². The standard InChI is InChI=1S/C23H24N6O4/c24-22(25)27-18-6-4-5-16(14-18)20(30)26-17-9-7-15(8-10-17)13-19(21(31)32)28-23(33)29-11-2-1-3-12-29/h1-11,14,19H,12-13H2,(H,26,30)(H,28,33)(H,31,32)(H4,24,25,27)/t19-/m0/s1. The van der Waals surface area contributed by atoms with E-state index >= 15 is 0 Å². The van der Waals surface area contributed by atoms with E-state index in [0.717, 1.165) is 0 Å². The minimum atomic E-state index is -1.14. The Labute approximate surface area is 190 Å². The van der Waals surface area contributed by atoms with Gasteiger partial charge in [-0.1, -0.05) is 30.4 Å². The normalized spacial score (nSPS) is 13.2. The van der Waals surface area contributed by atoms with Crippen molar-refractivity contribution in [3.8, 4) is 0 Å². The number of urea groups is 1. The van der Waals surface area contributed by atoms with Gasteiger partial charge in [-0.05, 0) is 42.0 Å². The molecule has 3 rings (SSSR count). The fourth-order valence-electron chi connectivity index (χ4n) is 3.11. The second-order valence-electron chi connectivity index (χ2n) is 7.24. The minimum absolute atomic E-state index is 0.0848. The van der Waals surface area contributed by atoms with Crippen molar-refractivity contribution < 1.29 is 19.5 Å². The first-order chi connectivity index (χ1) is 15.8. The Bertz CT molecular complexity index is 1110. The molecule has 170 valence electrons. The highest BCUT2D eigenvalue weighted by Gasteiger charge is 2.23. The summed E-state index contributed by atoms with van der Waals surface area (Å²) in [4.78, 5) is 37.8. The summed E-state index contributed by atoms with van der Waals surface area (Å²) >= 11 is 0. The van der Waals surface area contributed by atoms with Gasteiger partial charge in [0.2, 0.25) is 0 Å². The minimum Gasteiger partial charge on any atom is -0.480 e. The third-order valence-corrected chi connectivity index (χ3v) is 4.73. The first-order valence-corrected chi connectivity index (χ1v) is 10.1. The van der Waals surface area contributed by atoms with Gasteiger partial charge in [-0.25, -0.2) is 9.59 Å². The van der Waals surface area contributed by atoms with Crippen molar-refractivity contribution in [1.29, 1.82) is 5.41 Å². The van der Waals surface area contributed by atoms with Crippen LogP contribution in [0.1, 0.15) is 15.9 Å². The molecular weight excluding hydrogens is 424 g/mol. The molecule has 0 fully saturated rings. The van der Waals surface area contributed by atoms with E-state index in [1.807, 2.05) is 0 Å². The number of carbonyl (C=O) groups is 3. The number of rotatable bonds is 7. The molecule has 7 N–H and O–H groups in total. The van der Waals surface area contributed by atoms with Crippen molar-refractivity contribution in [3.05, 3.63) is 84.1 Å². The molecule has 10 nitrogen and oxygen atoms in total. The summed E-state index contributed by atoms with van der Waals surface area (Å²) < 4.78 is 0. The molecule has 0 aliphatic carbocycles. The summed E-state index contributed by atoms with van der Waals surface area (Å²) in [7, 11) is 0. The Morgan fingerprint density at radius 3 is 2.45 bits per heavy atom. The number of benzene rings is 2. The zero-order valence-electron chi connectivity index (χ0n) is 17.6. The van der Waals surface area contributed by atoms with E-state index in [9.17, 15) is 19.5 Å². The Kier molecular flexibility index (Phi) is 7.43. The van der Waals surface area contributed by atoms with Gasteiger partial charge in [0.1, 0.15) is 6.04 Å². The Morgan fingerprint density at radius 2 is 1.82 bits per heavy atom. The van der Waals surface area contributed by atoms with E-state index in [4.69, 9.17) is 11.1 Å². The maximum atomic E-state index is 12.5. The summed E-state index contributed by atoms with van der Waals surface area (Å²) in [6, 6.07) is 11.6. The lowest BCUT2D eigenvalue weighted by Crippen LogP contribution is -2.47. The fraction of sp³-hybridized carbons (Fsp3) is 0.130. The third-order valence-electron chi connectivity index (χ3n) is 4.73. The van der Waals surface area contributed by atoms with Crippen molar-refractivity contribution in [3.63, 3.8) is 0 Å². The van der Waals surface area contributed by atoms with Crippen LogP contribution in [0.3, 0.4) is 0 Å². The summed E-state index contributed by atoms with van der Waals surface area (Å²) in [6.45, 7) is 0.372. The van der Waals surface area contributed by atoms with Crippen LogP contribution >= 0.6 is 0 Å². The lowest BCUT2D eigenvalue weighted by Gasteiger charge is -2.22. The average molecular weight is 448 g/mol. The monoisotopic (exact) mass is 448 g/mol. The third kappa shape index (κ3) is 6.69. The molecule has 0 bridgehead atoms. The van der Waals surface area contributed by atoms with Crippen LogP contribution in [0.25, 0.3) is 0 Å². The van der Waals surface area contributed by atoms with Crippen molar-refractivity contribution in [2.75, 3.05) is 17.2 Å². The molecule has 0 radical (unpaired) electrons. The highest BCUT2D eigenvalue weighted by atomic mass is 16.4. The number of carboxylic acid groups (broad SMARTS) is 1. The van der Waals surface area contributed by atoms with Gasteiger partial charge in [-0.15, -0.1) is 0 Å². The van der Waals surface area contributed by atoms with Gasteiger partial charge in [0.15, 0.2) is 5.96 Å². The average Bonchev–Trinajstić information content (AvgIpc) is 2.80. The number of carboxylic acids is 1. The molecule has 0 aromatic heterocycles. The SMILES string of the molecule is N=C(N)Nc1cccc(C(=O)Nc2ccc(C[C@H](NC(=O)N3C=CC=CC3)C(=O)O)cc2)c1. The molecule has 0 unspecified atom stereocenters. The van der Waals surface area contributed by atoms with E-state index in [0.29, 0.717) is 29.0 Å². The highest BCUT2D eigenvalue weighted by molar-refractivity contribution is 6.05. The first kappa shape index (κ1) is 23.1. The summed E-state index contributed by atoms with van der Waals surface area (Å²) in [5.41, 5.74) is 7.41. The Hall–Kier alpha value is -4.60. The number of allylic oxidation sites excluding steroid dienone is 2. The molecule has 1 atom stereocenters. The second-order valence-corrected chi connectivity index (χ2v) is 7.24. The number of anilines is 2. The maximum Gasteiger partial charge on any atom is 0.326 e. The molecule has 1 aliphatic heterocycles. The Morgan fingerprint density at radius 1 is 1.06 bits per heavy atom. The van der Waals surface area contributed by atoms with Crippen LogP contribution in [0.4, 0.5) is 16.2 Å². The van der Waals surface area contributed by atoms with Crippen molar-refractivity contribution >= 4 is 35.2 Å². The number of carbonyl (C=O) groups excluding carboxylic acids is 2. The maximum absolute atomic E-state index is 12.5. The van der Waals surface area contributed by atoms with Crippen LogP contribution in [-0.2, 0) is 11.2 Å². The van der Waals surface area contributed by atoms with Crippen LogP contribution in [0, 0.1) is 5.41 Å². The van der Waals surface area contributed by atoms with Gasteiger partial charge in [0.05, 0.1) is 0 Å². The smallest absolute Gasteiger partial charge is 0.326 e. The lowest BCUT2D eigenvalue weighted by molar-refractivity contribution is -0.139. The number of nitrogens with one attached hydrogen (secondary N) is 4. The number of guanidine groups is 1. The van der Waals surface area contributed by atoms with Crippen molar-refractivity contribution in [1.82, 2.24) is 10.2 Å². The quantitative estimate of drug-likeness (QED) is 0.281. The fourth-order valence-corrected chi connectivity index (χ4v) is 3.11. The lowest BCUT2D eigenvalue weighted by atomic mass is 10.1. The van der Waals surface area contributed by atoms with Gasteiger partial charge in [-0.2, -0.15) is 0 Å². The van der Waals surface area contributed by atoms with Crippen LogP contribution in [0.5, 0.6) is 0 Å². The molecule has 10 heteroatoms. The number of aliphatic carboxylic acids is 1. The van der Waals surface area contributed by atoms with E-state index in [2.05, 4.69) is 16.0 Å². The van der Waals surface area contributed by atoms with Crippen LogP contribution < -0.4 is 21.7 Å². The molecule has 0 spiro atoms. The molecule has 0 saturated carbocycles. The van der Waals surface area contributed by atoms with Gasteiger partial charge in [-0.3, -0.25) is 15.1 Å². The highest BCUT2D eigenvalue weighted by Crippen LogP contribution is 2.15. The predicted molar refractivity (Wildman–Crippen MR) is 125 cm³/mol. The van der Waals surface area contributed by atoms with E-state index in [1.165, 1.54) is 4.90 Å². The number of amides is 3. The molecule has 2 aromatic rings.